The van der Waals surface area contributed by atoms with Gasteiger partial charge in [0, 0.05) is 12.5 Å². The molecule has 0 N–H and O–H groups in total. The summed E-state index contributed by atoms with van der Waals surface area (Å²) in [6, 6.07) is 0. The Kier molecular flexibility index (Phi) is 5.59. The molecule has 0 bridgehead atoms. The van der Waals surface area contributed by atoms with E-state index < -0.39 is 0 Å². The van der Waals surface area contributed by atoms with Crippen molar-refractivity contribution in [2.45, 2.75) is 126 Å². The van der Waals surface area contributed by atoms with Gasteiger partial charge in [0.1, 0.15) is 0 Å². The van der Waals surface area contributed by atoms with Gasteiger partial charge in [0.25, 0.3) is 0 Å². The molecule has 5 rings (SSSR count). The summed E-state index contributed by atoms with van der Waals surface area (Å²) in [4.78, 5) is 0. The van der Waals surface area contributed by atoms with Crippen LogP contribution in [0.3, 0.4) is 0 Å². The van der Waals surface area contributed by atoms with Crippen LogP contribution in [0.1, 0.15) is 120 Å². The summed E-state index contributed by atoms with van der Waals surface area (Å²) in [5.41, 5.74) is 2.32. The summed E-state index contributed by atoms with van der Waals surface area (Å²) >= 11 is 0. The number of hydrogen-bond acceptors (Lipinski definition) is 1. The normalized spacial score (nSPS) is 52.1. The molecule has 1 nitrogen and oxygen atoms in total. The third kappa shape index (κ3) is 2.93. The van der Waals surface area contributed by atoms with Crippen molar-refractivity contribution in [3.05, 3.63) is 0 Å². The molecule has 0 heterocycles. The second-order valence-corrected chi connectivity index (χ2v) is 16.0. The molecule has 5 aliphatic carbocycles. The summed E-state index contributed by atoms with van der Waals surface area (Å²) in [5, 5.41) is 0. The van der Waals surface area contributed by atoms with E-state index in [9.17, 15) is 0 Å². The van der Waals surface area contributed by atoms with Gasteiger partial charge >= 0.3 is 0 Å². The second kappa shape index (κ2) is 7.49. The van der Waals surface area contributed by atoms with Gasteiger partial charge in [-0.15, -0.1) is 0 Å². The second-order valence-electron chi connectivity index (χ2n) is 16.0. The first-order chi connectivity index (χ1) is 15.3. The molecule has 1 spiro atoms. The zero-order valence-electron chi connectivity index (χ0n) is 23.9. The van der Waals surface area contributed by atoms with Gasteiger partial charge in [0.15, 0.2) is 0 Å². The molecule has 190 valence electrons. The highest BCUT2D eigenvalue weighted by atomic mass is 16.5. The maximum Gasteiger partial charge on any atom is 0.0644 e. The fourth-order valence-electron chi connectivity index (χ4n) is 13.2. The molecule has 5 saturated carbocycles. The van der Waals surface area contributed by atoms with Crippen LogP contribution >= 0.6 is 0 Å². The summed E-state index contributed by atoms with van der Waals surface area (Å²) in [7, 11) is 2.05. The molecule has 10 atom stereocenters. The lowest BCUT2D eigenvalue weighted by molar-refractivity contribution is -0.174. The van der Waals surface area contributed by atoms with Crippen LogP contribution in [0.25, 0.3) is 0 Å². The predicted molar refractivity (Wildman–Crippen MR) is 140 cm³/mol. The Labute approximate surface area is 206 Å². The maximum absolute atomic E-state index is 6.52. The molecule has 0 aromatic heterocycles. The average molecular weight is 457 g/mol. The van der Waals surface area contributed by atoms with Crippen molar-refractivity contribution in [2.24, 2.45) is 68.5 Å². The van der Waals surface area contributed by atoms with Crippen molar-refractivity contribution in [1.29, 1.82) is 0 Å². The van der Waals surface area contributed by atoms with Crippen molar-refractivity contribution >= 4 is 0 Å². The van der Waals surface area contributed by atoms with E-state index in [4.69, 9.17) is 4.74 Å². The molecule has 0 saturated heterocycles. The highest BCUT2D eigenvalue weighted by Gasteiger charge is 2.90. The Balaban J connectivity index is 1.42. The molecule has 0 amide bonds. The Morgan fingerprint density at radius 2 is 1.58 bits per heavy atom. The van der Waals surface area contributed by atoms with E-state index >= 15 is 0 Å². The highest BCUT2D eigenvalue weighted by Crippen LogP contribution is 2.92. The summed E-state index contributed by atoms with van der Waals surface area (Å²) < 4.78 is 6.52. The zero-order chi connectivity index (χ0) is 24.2. The van der Waals surface area contributed by atoms with Gasteiger partial charge in [-0.2, -0.15) is 0 Å². The molecular formula is C32H56O. The first kappa shape index (κ1) is 24.6. The fraction of sp³-hybridized carbons (Fsp3) is 1.00. The van der Waals surface area contributed by atoms with Crippen molar-refractivity contribution in [3.8, 4) is 0 Å². The van der Waals surface area contributed by atoms with Gasteiger partial charge in [-0.3, -0.25) is 0 Å². The number of hydrogen-bond donors (Lipinski definition) is 0. The van der Waals surface area contributed by atoms with E-state index in [-0.39, 0.29) is 0 Å². The largest absolute Gasteiger partial charge is 0.381 e. The molecule has 33 heavy (non-hydrogen) atoms. The van der Waals surface area contributed by atoms with Gasteiger partial charge in [0.05, 0.1) is 6.10 Å². The van der Waals surface area contributed by atoms with E-state index in [1.807, 2.05) is 7.11 Å². The zero-order valence-corrected chi connectivity index (χ0v) is 23.9. The van der Waals surface area contributed by atoms with E-state index in [2.05, 4.69) is 62.3 Å². The maximum atomic E-state index is 6.52. The quantitative estimate of drug-likeness (QED) is 0.387. The molecule has 0 radical (unpaired) electrons. The summed E-state index contributed by atoms with van der Waals surface area (Å²) in [6.07, 6.45) is 13.5. The van der Waals surface area contributed by atoms with Gasteiger partial charge < -0.3 is 4.74 Å². The first-order valence-electron chi connectivity index (χ1n) is 14.8. The van der Waals surface area contributed by atoms with Crippen LogP contribution in [-0.4, -0.2) is 13.2 Å². The van der Waals surface area contributed by atoms with Gasteiger partial charge in [-0.1, -0.05) is 81.6 Å². The van der Waals surface area contributed by atoms with E-state index in [0.29, 0.717) is 33.2 Å². The topological polar surface area (TPSA) is 9.23 Å². The smallest absolute Gasteiger partial charge is 0.0644 e. The van der Waals surface area contributed by atoms with Gasteiger partial charge in [-0.05, 0) is 102 Å². The monoisotopic (exact) mass is 456 g/mol. The first-order valence-corrected chi connectivity index (χ1v) is 14.8. The van der Waals surface area contributed by atoms with Crippen molar-refractivity contribution < 1.29 is 4.74 Å². The third-order valence-electron chi connectivity index (χ3n) is 13.4. The molecular weight excluding hydrogens is 400 g/mol. The van der Waals surface area contributed by atoms with Crippen LogP contribution in [-0.2, 0) is 4.74 Å². The van der Waals surface area contributed by atoms with Crippen LogP contribution in [0.2, 0.25) is 0 Å². The lowest BCUT2D eigenvalue weighted by Gasteiger charge is -2.62. The van der Waals surface area contributed by atoms with Crippen LogP contribution in [0.5, 0.6) is 0 Å². The molecule has 0 aromatic rings. The lowest BCUT2D eigenvalue weighted by Crippen LogP contribution is -2.58. The molecule has 0 unspecified atom stereocenters. The molecule has 5 aliphatic rings. The fourth-order valence-corrected chi connectivity index (χ4v) is 13.2. The van der Waals surface area contributed by atoms with Crippen molar-refractivity contribution in [2.75, 3.05) is 7.11 Å². The highest BCUT2D eigenvalue weighted by molar-refractivity contribution is 5.37. The Morgan fingerprint density at radius 3 is 2.18 bits per heavy atom. The minimum atomic E-state index is 0.412. The standard InChI is InChI=1S/C32H56O/c1-20(2)12-11-13-21(3)23-14-15-24-22-18-26(33-10)32-27(29(32,6)7)28(4,5)19-31(32,9)25(22)16-17-30(23,24)8/h20-27H,11-19H2,1-10H3/t21-,22+,23-,24+,25+,26+,27-,30-,31-,32-/m1/s1. The number of fused-ring (bicyclic) bond motifs is 4. The van der Waals surface area contributed by atoms with Crippen molar-refractivity contribution in [1.82, 2.24) is 0 Å². The van der Waals surface area contributed by atoms with E-state index in [1.54, 1.807) is 0 Å². The number of rotatable bonds is 6. The third-order valence-corrected chi connectivity index (χ3v) is 13.4. The van der Waals surface area contributed by atoms with Gasteiger partial charge in [-0.25, -0.2) is 0 Å². The molecule has 1 heteroatoms. The summed E-state index contributed by atoms with van der Waals surface area (Å²) in [6.45, 7) is 23.2. The van der Waals surface area contributed by atoms with E-state index in [1.165, 1.54) is 57.8 Å². The minimum Gasteiger partial charge on any atom is -0.381 e. The number of methoxy groups -OCH3 is 1. The Morgan fingerprint density at radius 1 is 0.879 bits per heavy atom. The molecule has 5 fully saturated rings. The molecule has 0 aliphatic heterocycles. The van der Waals surface area contributed by atoms with Gasteiger partial charge in [0.2, 0.25) is 0 Å². The Bertz CT molecular complexity index is 764. The summed E-state index contributed by atoms with van der Waals surface area (Å²) in [5.74, 6) is 6.28. The lowest BCUT2D eigenvalue weighted by atomic mass is 9.44. The van der Waals surface area contributed by atoms with Crippen LogP contribution < -0.4 is 0 Å². The predicted octanol–water partition coefficient (Wildman–Crippen LogP) is 9.00. The van der Waals surface area contributed by atoms with Crippen LogP contribution in [0.4, 0.5) is 0 Å². The van der Waals surface area contributed by atoms with Crippen molar-refractivity contribution in [3.63, 3.8) is 0 Å². The van der Waals surface area contributed by atoms with Crippen LogP contribution in [0.15, 0.2) is 0 Å². The van der Waals surface area contributed by atoms with Crippen LogP contribution in [0, 0.1) is 68.5 Å². The Hall–Kier alpha value is -0.0400. The van der Waals surface area contributed by atoms with E-state index in [0.717, 1.165) is 41.4 Å². The minimum absolute atomic E-state index is 0.412. The average Bonchev–Trinajstić information content (AvgIpc) is 2.95. The number of ether oxygens (including phenoxy) is 1. The SMILES string of the molecule is CO[C@H]1C[C@H]2[C@@H]3CC[C@H]([C@H](C)CCCC(C)C)[C@@]3(C)CC[C@@H]2[C@@]2(C)CC(C)(C)[C@@H]3C(C)(C)[C@@]132. The molecule has 0 aromatic carbocycles.